The summed E-state index contributed by atoms with van der Waals surface area (Å²) in [5.41, 5.74) is -0.0564. The van der Waals surface area contributed by atoms with Gasteiger partial charge in [0, 0.05) is 12.3 Å². The summed E-state index contributed by atoms with van der Waals surface area (Å²) in [6, 6.07) is 5.49. The quantitative estimate of drug-likeness (QED) is 0.693. The van der Waals surface area contributed by atoms with Crippen LogP contribution in [0, 0.1) is 10.1 Å². The molecule has 0 aliphatic heterocycles. The molecular formula is C12H7Cl2N3O3. The fourth-order valence-corrected chi connectivity index (χ4v) is 1.93. The maximum atomic E-state index is 12.1. The van der Waals surface area contributed by atoms with E-state index in [1.54, 1.807) is 0 Å². The standard InChI is InChI=1S/C12H7Cl2N3O3/c13-8-4-5-15-6-9(8)16-12(18)7-2-1-3-10(11(7)14)17(19)20/h1-6H,(H,16,18). The molecule has 0 aliphatic rings. The van der Waals surface area contributed by atoms with Crippen LogP contribution in [-0.4, -0.2) is 15.8 Å². The molecule has 0 unspecified atom stereocenters. The van der Waals surface area contributed by atoms with E-state index in [-0.39, 0.29) is 16.3 Å². The SMILES string of the molecule is O=C(Nc1cnccc1Cl)c1cccc([N+](=O)[O-])c1Cl. The smallest absolute Gasteiger partial charge is 0.288 e. The highest BCUT2D eigenvalue weighted by Gasteiger charge is 2.20. The van der Waals surface area contributed by atoms with E-state index < -0.39 is 10.8 Å². The minimum absolute atomic E-state index is 0.0132. The summed E-state index contributed by atoms with van der Waals surface area (Å²) < 4.78 is 0. The highest BCUT2D eigenvalue weighted by Crippen LogP contribution is 2.29. The Morgan fingerprint density at radius 1 is 1.30 bits per heavy atom. The molecule has 0 saturated carbocycles. The van der Waals surface area contributed by atoms with E-state index >= 15 is 0 Å². The molecule has 2 aromatic rings. The minimum Gasteiger partial charge on any atom is -0.319 e. The Kier molecular flexibility index (Phi) is 4.16. The summed E-state index contributed by atoms with van der Waals surface area (Å²) in [4.78, 5) is 26.0. The Bertz CT molecular complexity index is 691. The number of nitrogens with zero attached hydrogens (tertiary/aromatic N) is 2. The monoisotopic (exact) mass is 311 g/mol. The molecule has 0 atom stereocenters. The average Bonchev–Trinajstić information content (AvgIpc) is 2.41. The number of pyridine rings is 1. The molecule has 1 aromatic heterocycles. The average molecular weight is 312 g/mol. The molecule has 1 N–H and O–H groups in total. The summed E-state index contributed by atoms with van der Waals surface area (Å²) in [5.74, 6) is -0.603. The van der Waals surface area contributed by atoms with Crippen molar-refractivity contribution in [1.29, 1.82) is 0 Å². The Labute approximate surface area is 123 Å². The zero-order valence-corrected chi connectivity index (χ0v) is 11.4. The molecule has 0 bridgehead atoms. The lowest BCUT2D eigenvalue weighted by molar-refractivity contribution is -0.384. The molecule has 0 spiro atoms. The third kappa shape index (κ3) is 2.87. The molecule has 102 valence electrons. The maximum Gasteiger partial charge on any atom is 0.288 e. The second-order valence-corrected chi connectivity index (χ2v) is 4.49. The number of benzene rings is 1. The van der Waals surface area contributed by atoms with Crippen LogP contribution in [0.2, 0.25) is 10.0 Å². The molecule has 0 saturated heterocycles. The summed E-state index contributed by atoms with van der Waals surface area (Å²) in [6.07, 6.45) is 2.84. The first-order valence-corrected chi connectivity index (χ1v) is 6.10. The Morgan fingerprint density at radius 3 is 2.70 bits per heavy atom. The van der Waals surface area contributed by atoms with Gasteiger partial charge in [-0.25, -0.2) is 0 Å². The van der Waals surface area contributed by atoms with Gasteiger partial charge in [-0.05, 0) is 12.1 Å². The van der Waals surface area contributed by atoms with Crippen molar-refractivity contribution >= 4 is 40.5 Å². The van der Waals surface area contributed by atoms with E-state index in [1.165, 1.54) is 36.7 Å². The van der Waals surface area contributed by atoms with E-state index in [4.69, 9.17) is 23.2 Å². The second-order valence-electron chi connectivity index (χ2n) is 3.71. The molecule has 0 fully saturated rings. The molecule has 2 rings (SSSR count). The normalized spacial score (nSPS) is 10.1. The number of carbonyl (C=O) groups excluding carboxylic acids is 1. The number of nitrogens with one attached hydrogen (secondary N) is 1. The zero-order chi connectivity index (χ0) is 14.7. The molecule has 1 heterocycles. The van der Waals surface area contributed by atoms with Crippen LogP contribution in [0.15, 0.2) is 36.7 Å². The predicted octanol–water partition coefficient (Wildman–Crippen LogP) is 3.55. The largest absolute Gasteiger partial charge is 0.319 e. The lowest BCUT2D eigenvalue weighted by atomic mass is 10.2. The molecule has 0 radical (unpaired) electrons. The molecule has 1 amide bonds. The number of halogens is 2. The van der Waals surface area contributed by atoms with Crippen molar-refractivity contribution in [1.82, 2.24) is 4.98 Å². The number of nitro benzene ring substituents is 1. The lowest BCUT2D eigenvalue weighted by Gasteiger charge is -2.07. The Hall–Kier alpha value is -2.18. The van der Waals surface area contributed by atoms with Gasteiger partial charge in [0.25, 0.3) is 11.6 Å². The van der Waals surface area contributed by atoms with Gasteiger partial charge in [-0.1, -0.05) is 29.3 Å². The number of amides is 1. The minimum atomic E-state index is -0.657. The van der Waals surface area contributed by atoms with E-state index in [2.05, 4.69) is 10.3 Å². The molecule has 0 aliphatic carbocycles. The number of anilines is 1. The highest BCUT2D eigenvalue weighted by molar-refractivity contribution is 6.37. The third-order valence-electron chi connectivity index (χ3n) is 2.44. The van der Waals surface area contributed by atoms with Gasteiger partial charge in [-0.2, -0.15) is 0 Å². The fourth-order valence-electron chi connectivity index (χ4n) is 1.50. The van der Waals surface area contributed by atoms with Crippen molar-refractivity contribution in [3.63, 3.8) is 0 Å². The number of rotatable bonds is 3. The van der Waals surface area contributed by atoms with Gasteiger partial charge in [0.2, 0.25) is 0 Å². The van der Waals surface area contributed by atoms with Crippen LogP contribution in [0.1, 0.15) is 10.4 Å². The Balaban J connectivity index is 2.33. The molecular weight excluding hydrogens is 305 g/mol. The van der Waals surface area contributed by atoms with Gasteiger partial charge in [0.1, 0.15) is 5.02 Å². The van der Waals surface area contributed by atoms with Gasteiger partial charge in [0.05, 0.1) is 27.4 Å². The maximum absolute atomic E-state index is 12.1. The molecule has 1 aromatic carbocycles. The van der Waals surface area contributed by atoms with Crippen LogP contribution in [0.5, 0.6) is 0 Å². The molecule has 8 heteroatoms. The molecule has 20 heavy (non-hydrogen) atoms. The van der Waals surface area contributed by atoms with Crippen molar-refractivity contribution in [2.45, 2.75) is 0 Å². The van der Waals surface area contributed by atoms with Crippen LogP contribution in [0.3, 0.4) is 0 Å². The van der Waals surface area contributed by atoms with Gasteiger partial charge in [0.15, 0.2) is 0 Å². The first-order chi connectivity index (χ1) is 9.50. The van der Waals surface area contributed by atoms with Gasteiger partial charge < -0.3 is 5.32 Å². The van der Waals surface area contributed by atoms with Gasteiger partial charge in [-0.15, -0.1) is 0 Å². The van der Waals surface area contributed by atoms with Crippen molar-refractivity contribution < 1.29 is 9.72 Å². The van der Waals surface area contributed by atoms with Crippen molar-refractivity contribution in [3.8, 4) is 0 Å². The first-order valence-electron chi connectivity index (χ1n) is 5.34. The lowest BCUT2D eigenvalue weighted by Crippen LogP contribution is -2.13. The van der Waals surface area contributed by atoms with Gasteiger partial charge >= 0.3 is 0 Å². The Morgan fingerprint density at radius 2 is 2.05 bits per heavy atom. The third-order valence-corrected chi connectivity index (χ3v) is 3.16. The summed E-state index contributed by atoms with van der Waals surface area (Å²) in [5, 5.41) is 13.3. The number of carbonyl (C=O) groups is 1. The number of nitro groups is 1. The van der Waals surface area contributed by atoms with E-state index in [0.717, 1.165) is 0 Å². The van der Waals surface area contributed by atoms with Crippen molar-refractivity contribution in [3.05, 3.63) is 62.4 Å². The van der Waals surface area contributed by atoms with Crippen molar-refractivity contribution in [2.75, 3.05) is 5.32 Å². The zero-order valence-electron chi connectivity index (χ0n) is 9.84. The number of hydrogen-bond donors (Lipinski definition) is 1. The second kappa shape index (κ2) is 5.85. The van der Waals surface area contributed by atoms with Crippen LogP contribution >= 0.6 is 23.2 Å². The summed E-state index contributed by atoms with van der Waals surface area (Å²) in [6.45, 7) is 0. The first kappa shape index (κ1) is 14.2. The highest BCUT2D eigenvalue weighted by atomic mass is 35.5. The van der Waals surface area contributed by atoms with Crippen LogP contribution < -0.4 is 5.32 Å². The topological polar surface area (TPSA) is 85.1 Å². The number of hydrogen-bond acceptors (Lipinski definition) is 4. The fraction of sp³-hybridized carbons (Fsp3) is 0. The van der Waals surface area contributed by atoms with Crippen LogP contribution in [0.4, 0.5) is 11.4 Å². The van der Waals surface area contributed by atoms with Crippen LogP contribution in [0.25, 0.3) is 0 Å². The van der Waals surface area contributed by atoms with Crippen LogP contribution in [-0.2, 0) is 0 Å². The summed E-state index contributed by atoms with van der Waals surface area (Å²) >= 11 is 11.7. The molecule has 6 nitrogen and oxygen atoms in total. The van der Waals surface area contributed by atoms with E-state index in [9.17, 15) is 14.9 Å². The number of aromatic nitrogens is 1. The van der Waals surface area contributed by atoms with Crippen molar-refractivity contribution in [2.24, 2.45) is 0 Å². The van der Waals surface area contributed by atoms with Gasteiger partial charge in [-0.3, -0.25) is 19.9 Å². The summed E-state index contributed by atoms with van der Waals surface area (Å²) in [7, 11) is 0. The van der Waals surface area contributed by atoms with E-state index in [0.29, 0.717) is 10.7 Å². The van der Waals surface area contributed by atoms with E-state index in [1.807, 2.05) is 0 Å². The predicted molar refractivity (Wildman–Crippen MR) is 75.3 cm³/mol.